The highest BCUT2D eigenvalue weighted by molar-refractivity contribution is 5.95. The van der Waals surface area contributed by atoms with Crippen LogP contribution in [-0.4, -0.2) is 23.2 Å². The number of amides is 1. The van der Waals surface area contributed by atoms with Gasteiger partial charge in [-0.3, -0.25) is 4.79 Å². The third kappa shape index (κ3) is 2.14. The molecule has 0 heterocycles. The molecular formula is C11H13FN2O2. The monoisotopic (exact) mass is 224 g/mol. The second kappa shape index (κ2) is 3.75. The van der Waals surface area contributed by atoms with Crippen LogP contribution in [0.4, 0.5) is 10.1 Å². The van der Waals surface area contributed by atoms with E-state index in [1.54, 1.807) is 0 Å². The Morgan fingerprint density at radius 3 is 2.69 bits per heavy atom. The van der Waals surface area contributed by atoms with Gasteiger partial charge in [0.25, 0.3) is 5.91 Å². The molecule has 5 heteroatoms. The molecule has 0 saturated heterocycles. The molecule has 1 aromatic carbocycles. The smallest absolute Gasteiger partial charge is 0.251 e. The van der Waals surface area contributed by atoms with Crippen LogP contribution in [0, 0.1) is 5.82 Å². The first-order valence-corrected chi connectivity index (χ1v) is 5.04. The molecule has 4 nitrogen and oxygen atoms in total. The van der Waals surface area contributed by atoms with Crippen molar-refractivity contribution in [3.05, 3.63) is 29.6 Å². The summed E-state index contributed by atoms with van der Waals surface area (Å²) < 4.78 is 13.0. The topological polar surface area (TPSA) is 75.4 Å². The Bertz CT molecular complexity index is 410. The predicted octanol–water partition coefficient (Wildman–Crippen LogP) is 0.663. The van der Waals surface area contributed by atoms with Gasteiger partial charge in [-0.05, 0) is 31.0 Å². The number of nitrogens with two attached hydrogens (primary N) is 1. The van der Waals surface area contributed by atoms with E-state index >= 15 is 0 Å². The van der Waals surface area contributed by atoms with Crippen molar-refractivity contribution in [3.63, 3.8) is 0 Å². The molecule has 4 N–H and O–H groups in total. The Morgan fingerprint density at radius 1 is 1.50 bits per heavy atom. The Kier molecular flexibility index (Phi) is 2.55. The second-order valence-corrected chi connectivity index (χ2v) is 4.17. The molecule has 0 bridgehead atoms. The Morgan fingerprint density at radius 2 is 2.19 bits per heavy atom. The second-order valence-electron chi connectivity index (χ2n) is 4.17. The van der Waals surface area contributed by atoms with E-state index < -0.39 is 17.3 Å². The van der Waals surface area contributed by atoms with E-state index in [9.17, 15) is 9.18 Å². The molecule has 0 spiro atoms. The van der Waals surface area contributed by atoms with Crippen molar-refractivity contribution in [2.24, 2.45) is 0 Å². The maximum Gasteiger partial charge on any atom is 0.251 e. The van der Waals surface area contributed by atoms with Gasteiger partial charge < -0.3 is 16.2 Å². The summed E-state index contributed by atoms with van der Waals surface area (Å²) >= 11 is 0. The first-order valence-electron chi connectivity index (χ1n) is 5.04. The number of aliphatic hydroxyl groups is 1. The summed E-state index contributed by atoms with van der Waals surface area (Å²) in [6.45, 7) is -0.0937. The summed E-state index contributed by atoms with van der Waals surface area (Å²) in [5, 5.41) is 11.7. The molecule has 86 valence electrons. The molecule has 16 heavy (non-hydrogen) atoms. The molecular weight excluding hydrogens is 211 g/mol. The fraction of sp³-hybridized carbons (Fsp3) is 0.364. The molecule has 1 aliphatic rings. The third-order valence-corrected chi connectivity index (χ3v) is 2.72. The van der Waals surface area contributed by atoms with Crippen molar-refractivity contribution in [3.8, 4) is 0 Å². The van der Waals surface area contributed by atoms with Gasteiger partial charge in [-0.15, -0.1) is 0 Å². The minimum Gasteiger partial charge on any atom is -0.399 e. The van der Waals surface area contributed by atoms with Gasteiger partial charge in [0.1, 0.15) is 5.82 Å². The molecule has 1 amide bonds. The molecule has 0 atom stereocenters. The molecule has 0 radical (unpaired) electrons. The average molecular weight is 224 g/mol. The van der Waals surface area contributed by atoms with Crippen LogP contribution in [0.3, 0.4) is 0 Å². The van der Waals surface area contributed by atoms with Crippen LogP contribution >= 0.6 is 0 Å². The van der Waals surface area contributed by atoms with E-state index in [-0.39, 0.29) is 17.9 Å². The highest BCUT2D eigenvalue weighted by Gasteiger charge is 2.43. The zero-order chi connectivity index (χ0) is 11.8. The normalized spacial score (nSPS) is 16.9. The van der Waals surface area contributed by atoms with Gasteiger partial charge in [-0.2, -0.15) is 0 Å². The summed E-state index contributed by atoms with van der Waals surface area (Å²) in [5.74, 6) is -0.947. The van der Waals surface area contributed by atoms with Crippen LogP contribution in [0.15, 0.2) is 18.2 Å². The van der Waals surface area contributed by atoms with Crippen molar-refractivity contribution in [1.29, 1.82) is 0 Å². The number of hydrogen-bond donors (Lipinski definition) is 3. The van der Waals surface area contributed by atoms with E-state index in [1.807, 2.05) is 0 Å². The van der Waals surface area contributed by atoms with Gasteiger partial charge in [0.15, 0.2) is 0 Å². The number of rotatable bonds is 3. The lowest BCUT2D eigenvalue weighted by Crippen LogP contribution is -2.39. The SMILES string of the molecule is Nc1cc(F)cc(C(=O)NC2(CO)CC2)c1. The largest absolute Gasteiger partial charge is 0.399 e. The van der Waals surface area contributed by atoms with Crippen LogP contribution < -0.4 is 11.1 Å². The first kappa shape index (κ1) is 10.9. The van der Waals surface area contributed by atoms with E-state index in [0.29, 0.717) is 0 Å². The van der Waals surface area contributed by atoms with Gasteiger partial charge in [0.05, 0.1) is 12.1 Å². The highest BCUT2D eigenvalue weighted by Crippen LogP contribution is 2.34. The number of halogens is 1. The lowest BCUT2D eigenvalue weighted by Gasteiger charge is -2.14. The number of nitrogens with one attached hydrogen (secondary N) is 1. The quantitative estimate of drug-likeness (QED) is 0.660. The van der Waals surface area contributed by atoms with Crippen molar-refractivity contribution in [2.75, 3.05) is 12.3 Å². The number of anilines is 1. The van der Waals surface area contributed by atoms with E-state index in [1.165, 1.54) is 6.07 Å². The van der Waals surface area contributed by atoms with Crippen LogP contribution in [0.5, 0.6) is 0 Å². The minimum absolute atomic E-state index is 0.0937. The van der Waals surface area contributed by atoms with Crippen LogP contribution in [0.1, 0.15) is 23.2 Å². The maximum atomic E-state index is 13.0. The van der Waals surface area contributed by atoms with E-state index in [0.717, 1.165) is 25.0 Å². The van der Waals surface area contributed by atoms with Crippen LogP contribution in [0.25, 0.3) is 0 Å². The van der Waals surface area contributed by atoms with Gasteiger partial charge in [0.2, 0.25) is 0 Å². The number of benzene rings is 1. The zero-order valence-electron chi connectivity index (χ0n) is 8.66. The molecule has 0 unspecified atom stereocenters. The first-order chi connectivity index (χ1) is 7.54. The standard InChI is InChI=1S/C11H13FN2O2/c12-8-3-7(4-9(13)5-8)10(16)14-11(6-15)1-2-11/h3-5,15H,1-2,6,13H2,(H,14,16). The Hall–Kier alpha value is -1.62. The van der Waals surface area contributed by atoms with Gasteiger partial charge in [-0.25, -0.2) is 4.39 Å². The van der Waals surface area contributed by atoms with Gasteiger partial charge >= 0.3 is 0 Å². The summed E-state index contributed by atoms with van der Waals surface area (Å²) in [5.41, 5.74) is 5.32. The Balaban J connectivity index is 2.14. The molecule has 1 fully saturated rings. The number of carbonyl (C=O) groups excluding carboxylic acids is 1. The summed E-state index contributed by atoms with van der Waals surface area (Å²) in [7, 11) is 0. The third-order valence-electron chi connectivity index (χ3n) is 2.72. The fourth-order valence-electron chi connectivity index (χ4n) is 1.53. The van der Waals surface area contributed by atoms with Crippen molar-refractivity contribution < 1.29 is 14.3 Å². The molecule has 0 aromatic heterocycles. The van der Waals surface area contributed by atoms with E-state index in [4.69, 9.17) is 10.8 Å². The van der Waals surface area contributed by atoms with Gasteiger partial charge in [0, 0.05) is 11.3 Å². The van der Waals surface area contributed by atoms with Crippen molar-refractivity contribution in [2.45, 2.75) is 18.4 Å². The van der Waals surface area contributed by atoms with Crippen molar-refractivity contribution >= 4 is 11.6 Å². The number of hydrogen-bond acceptors (Lipinski definition) is 3. The summed E-state index contributed by atoms with van der Waals surface area (Å²) in [6, 6.07) is 3.68. The average Bonchev–Trinajstić information content (AvgIpc) is 2.97. The molecule has 0 aliphatic heterocycles. The highest BCUT2D eigenvalue weighted by atomic mass is 19.1. The molecule has 2 rings (SSSR count). The van der Waals surface area contributed by atoms with Gasteiger partial charge in [-0.1, -0.05) is 0 Å². The number of nitrogen functional groups attached to an aromatic ring is 1. The maximum absolute atomic E-state index is 13.0. The minimum atomic E-state index is -0.543. The lowest BCUT2D eigenvalue weighted by atomic mass is 10.1. The number of aliphatic hydroxyl groups excluding tert-OH is 1. The zero-order valence-corrected chi connectivity index (χ0v) is 8.66. The Labute approximate surface area is 92.3 Å². The molecule has 1 aromatic rings. The predicted molar refractivity (Wildman–Crippen MR) is 57.3 cm³/mol. The fourth-order valence-corrected chi connectivity index (χ4v) is 1.53. The summed E-state index contributed by atoms with van der Waals surface area (Å²) in [4.78, 5) is 11.7. The van der Waals surface area contributed by atoms with E-state index in [2.05, 4.69) is 5.32 Å². The van der Waals surface area contributed by atoms with Crippen molar-refractivity contribution in [1.82, 2.24) is 5.32 Å². The molecule has 1 aliphatic carbocycles. The van der Waals surface area contributed by atoms with Crippen LogP contribution in [0.2, 0.25) is 0 Å². The lowest BCUT2D eigenvalue weighted by molar-refractivity contribution is 0.0906. The molecule has 1 saturated carbocycles. The van der Waals surface area contributed by atoms with Crippen LogP contribution in [-0.2, 0) is 0 Å². The number of carbonyl (C=O) groups is 1. The summed E-state index contributed by atoms with van der Waals surface area (Å²) in [6.07, 6.45) is 1.50.